The first-order valence-corrected chi connectivity index (χ1v) is 5.83. The molecule has 3 nitrogen and oxygen atoms in total. The number of hydrogen-bond acceptors (Lipinski definition) is 2. The van der Waals surface area contributed by atoms with Gasteiger partial charge in [-0.25, -0.2) is 0 Å². The third-order valence-corrected chi connectivity index (χ3v) is 3.20. The van der Waals surface area contributed by atoms with Crippen LogP contribution in [0.3, 0.4) is 0 Å². The fraction of sp³-hybridized carbons (Fsp3) is 0.333. The average Bonchev–Trinajstić information content (AvgIpc) is 2.20. The monoisotopic (exact) mass is 273 g/mol. The van der Waals surface area contributed by atoms with Crippen molar-refractivity contribution in [2.75, 3.05) is 5.32 Å². The maximum atomic E-state index is 11.5. The molecule has 1 aromatic rings. The molecular formula is C12H13Cl2NO2. The maximum Gasteiger partial charge on any atom is 0.231 e. The third kappa shape index (κ3) is 3.45. The highest BCUT2D eigenvalue weighted by molar-refractivity contribution is 6.37. The Morgan fingerprint density at radius 1 is 1.29 bits per heavy atom. The van der Waals surface area contributed by atoms with Gasteiger partial charge in [0.05, 0.1) is 17.1 Å². The Morgan fingerprint density at radius 2 is 1.88 bits per heavy atom. The molecule has 1 N–H and O–H groups in total. The van der Waals surface area contributed by atoms with Gasteiger partial charge in [-0.05, 0) is 38.0 Å². The molecule has 0 aliphatic carbocycles. The molecule has 0 spiro atoms. The van der Waals surface area contributed by atoms with E-state index in [1.807, 2.05) is 0 Å². The van der Waals surface area contributed by atoms with Crippen LogP contribution in [0.5, 0.6) is 0 Å². The van der Waals surface area contributed by atoms with Crippen molar-refractivity contribution in [1.29, 1.82) is 0 Å². The maximum absolute atomic E-state index is 11.5. The fourth-order valence-corrected chi connectivity index (χ4v) is 1.90. The van der Waals surface area contributed by atoms with Gasteiger partial charge in [0, 0.05) is 5.02 Å². The Morgan fingerprint density at radius 3 is 2.41 bits per heavy atom. The molecule has 5 heteroatoms. The van der Waals surface area contributed by atoms with E-state index in [-0.39, 0.29) is 18.1 Å². The zero-order chi connectivity index (χ0) is 13.2. The molecule has 1 rings (SSSR count). The Balaban J connectivity index is 3.06. The van der Waals surface area contributed by atoms with E-state index in [0.29, 0.717) is 21.3 Å². The largest absolute Gasteiger partial charge is 0.324 e. The molecule has 0 radical (unpaired) electrons. The first-order valence-electron chi connectivity index (χ1n) is 5.07. The van der Waals surface area contributed by atoms with Crippen LogP contribution in [0, 0.1) is 13.8 Å². The molecule has 0 aliphatic heterocycles. The molecule has 92 valence electrons. The lowest BCUT2D eigenvalue weighted by Gasteiger charge is -2.13. The van der Waals surface area contributed by atoms with E-state index in [1.54, 1.807) is 19.9 Å². The van der Waals surface area contributed by atoms with Crippen molar-refractivity contribution in [3.05, 3.63) is 27.2 Å². The molecule has 0 bridgehead atoms. The minimum absolute atomic E-state index is 0.165. The number of aryl methyl sites for hydroxylation is 1. The summed E-state index contributed by atoms with van der Waals surface area (Å²) in [5, 5.41) is 3.60. The molecule has 0 heterocycles. The van der Waals surface area contributed by atoms with E-state index in [4.69, 9.17) is 23.2 Å². The number of benzene rings is 1. The molecule has 0 saturated heterocycles. The van der Waals surface area contributed by atoms with Gasteiger partial charge in [0.15, 0.2) is 0 Å². The molecule has 0 aromatic heterocycles. The lowest BCUT2D eigenvalue weighted by atomic mass is 10.1. The molecule has 0 aliphatic rings. The van der Waals surface area contributed by atoms with Crippen molar-refractivity contribution in [2.24, 2.45) is 0 Å². The van der Waals surface area contributed by atoms with Crippen LogP contribution in [0.25, 0.3) is 0 Å². The van der Waals surface area contributed by atoms with E-state index in [9.17, 15) is 9.59 Å². The summed E-state index contributed by atoms with van der Waals surface area (Å²) in [7, 11) is 0. The quantitative estimate of drug-likeness (QED) is 0.857. The second kappa shape index (κ2) is 5.52. The highest BCUT2D eigenvalue weighted by Gasteiger charge is 2.14. The van der Waals surface area contributed by atoms with Crippen molar-refractivity contribution in [3.8, 4) is 0 Å². The highest BCUT2D eigenvalue weighted by atomic mass is 35.5. The van der Waals surface area contributed by atoms with Crippen LogP contribution in [0.4, 0.5) is 5.69 Å². The highest BCUT2D eigenvalue weighted by Crippen LogP contribution is 2.34. The third-order valence-electron chi connectivity index (χ3n) is 2.32. The van der Waals surface area contributed by atoms with Gasteiger partial charge in [0.1, 0.15) is 5.78 Å². The van der Waals surface area contributed by atoms with Gasteiger partial charge >= 0.3 is 0 Å². The van der Waals surface area contributed by atoms with Crippen molar-refractivity contribution in [1.82, 2.24) is 0 Å². The summed E-state index contributed by atoms with van der Waals surface area (Å²) in [6.45, 7) is 4.92. The number of anilines is 1. The van der Waals surface area contributed by atoms with Crippen molar-refractivity contribution >= 4 is 40.6 Å². The zero-order valence-electron chi connectivity index (χ0n) is 9.86. The summed E-state index contributed by atoms with van der Waals surface area (Å²) in [5.41, 5.74) is 1.95. The van der Waals surface area contributed by atoms with E-state index in [1.165, 1.54) is 6.92 Å². The van der Waals surface area contributed by atoms with E-state index < -0.39 is 0 Å². The Hall–Kier alpha value is -1.06. The standard InChI is InChI=1S/C12H13Cl2NO2/c1-6-4-9(13)8(3)12(11(6)14)15-10(17)5-7(2)16/h4H,5H2,1-3H3,(H,15,17). The van der Waals surface area contributed by atoms with Crippen LogP contribution in [0.15, 0.2) is 6.07 Å². The predicted molar refractivity (Wildman–Crippen MR) is 69.9 cm³/mol. The van der Waals surface area contributed by atoms with Gasteiger partial charge < -0.3 is 5.32 Å². The fourth-order valence-electron chi connectivity index (χ4n) is 1.40. The summed E-state index contributed by atoms with van der Waals surface area (Å²) in [5.74, 6) is -0.584. The van der Waals surface area contributed by atoms with Crippen LogP contribution < -0.4 is 5.32 Å². The number of carbonyl (C=O) groups excluding carboxylic acids is 2. The Kier molecular flexibility index (Phi) is 4.54. The minimum Gasteiger partial charge on any atom is -0.324 e. The second-order valence-corrected chi connectivity index (χ2v) is 4.70. The summed E-state index contributed by atoms with van der Waals surface area (Å²) in [6.07, 6.45) is -0.165. The summed E-state index contributed by atoms with van der Waals surface area (Å²) < 4.78 is 0. The number of Topliss-reactive ketones (excluding diaryl/α,β-unsaturated/α-hetero) is 1. The molecular weight excluding hydrogens is 261 g/mol. The van der Waals surface area contributed by atoms with E-state index in [2.05, 4.69) is 5.32 Å². The minimum atomic E-state index is -0.385. The number of carbonyl (C=O) groups is 2. The van der Waals surface area contributed by atoms with Crippen molar-refractivity contribution < 1.29 is 9.59 Å². The van der Waals surface area contributed by atoms with Crippen LogP contribution in [-0.4, -0.2) is 11.7 Å². The lowest BCUT2D eigenvalue weighted by Crippen LogP contribution is -2.16. The molecule has 17 heavy (non-hydrogen) atoms. The molecule has 0 atom stereocenters. The SMILES string of the molecule is CC(=O)CC(=O)Nc1c(C)c(Cl)cc(C)c1Cl. The number of halogens is 2. The zero-order valence-corrected chi connectivity index (χ0v) is 11.4. The number of amides is 1. The first-order chi connectivity index (χ1) is 7.82. The molecule has 1 amide bonds. The number of ketones is 1. The topological polar surface area (TPSA) is 46.2 Å². The summed E-state index contributed by atoms with van der Waals surface area (Å²) >= 11 is 12.1. The van der Waals surface area contributed by atoms with Gasteiger partial charge in [0.2, 0.25) is 5.91 Å². The van der Waals surface area contributed by atoms with E-state index >= 15 is 0 Å². The predicted octanol–water partition coefficient (Wildman–Crippen LogP) is 3.53. The smallest absolute Gasteiger partial charge is 0.231 e. The summed E-state index contributed by atoms with van der Waals surface area (Å²) in [6, 6.07) is 1.74. The van der Waals surface area contributed by atoms with Gasteiger partial charge in [0.25, 0.3) is 0 Å². The molecule has 0 fully saturated rings. The molecule has 0 unspecified atom stereocenters. The number of rotatable bonds is 3. The first kappa shape index (κ1) is 14.0. The van der Waals surface area contributed by atoms with E-state index in [0.717, 1.165) is 5.56 Å². The van der Waals surface area contributed by atoms with Crippen LogP contribution >= 0.6 is 23.2 Å². The average molecular weight is 274 g/mol. The van der Waals surface area contributed by atoms with Gasteiger partial charge in [-0.2, -0.15) is 0 Å². The molecule has 1 aromatic carbocycles. The van der Waals surface area contributed by atoms with Gasteiger partial charge in [-0.1, -0.05) is 23.2 Å². The second-order valence-electron chi connectivity index (χ2n) is 3.92. The van der Waals surface area contributed by atoms with Crippen LogP contribution in [0.2, 0.25) is 10.0 Å². The normalized spacial score (nSPS) is 10.2. The number of hydrogen-bond donors (Lipinski definition) is 1. The van der Waals surface area contributed by atoms with Gasteiger partial charge in [-0.15, -0.1) is 0 Å². The Labute approximate surface area is 110 Å². The summed E-state index contributed by atoms with van der Waals surface area (Å²) in [4.78, 5) is 22.3. The van der Waals surface area contributed by atoms with Crippen molar-refractivity contribution in [3.63, 3.8) is 0 Å². The van der Waals surface area contributed by atoms with Crippen LogP contribution in [-0.2, 0) is 9.59 Å². The molecule has 0 saturated carbocycles. The van der Waals surface area contributed by atoms with Gasteiger partial charge in [-0.3, -0.25) is 9.59 Å². The Bertz CT molecular complexity index is 458. The lowest BCUT2D eigenvalue weighted by molar-refractivity contribution is -0.124. The number of nitrogens with one attached hydrogen (secondary N) is 1. The van der Waals surface area contributed by atoms with Crippen molar-refractivity contribution in [2.45, 2.75) is 27.2 Å². The van der Waals surface area contributed by atoms with Crippen LogP contribution in [0.1, 0.15) is 24.5 Å².